The average molecular weight is 665 g/mol. The highest BCUT2D eigenvalue weighted by atomic mass is 16.5. The molecule has 2 fully saturated rings. The van der Waals surface area contributed by atoms with Crippen LogP contribution in [0.2, 0.25) is 0 Å². The molecule has 1 saturated carbocycles. The standard InChI is InChI=1S/C40H48N4O5/c1-3-27-4-10-30(11-5-27)31-14-16-32(17-15-31)34-21-41-39(42-22-34)33-12-6-29(7-13-33)23-44(26-38(46)47)40(48)35-24-43(25-35)37(45)20-28-8-18-36(49-2)19-9-28/h6-9,12-13,16,18-19,21-22,27,30-31,35H,3-5,10-11,14-15,17,20,23-26H2,1-2H3,(H,46,47). The molecule has 1 unspecified atom stereocenters. The van der Waals surface area contributed by atoms with Gasteiger partial charge in [-0.3, -0.25) is 14.4 Å². The summed E-state index contributed by atoms with van der Waals surface area (Å²) in [5.41, 5.74) is 4.98. The number of ether oxygens (including phenoxy) is 1. The van der Waals surface area contributed by atoms with Crippen LogP contribution in [0.25, 0.3) is 17.0 Å². The van der Waals surface area contributed by atoms with Crippen LogP contribution in [0, 0.1) is 23.7 Å². The summed E-state index contributed by atoms with van der Waals surface area (Å²) in [6, 6.07) is 14.9. The Morgan fingerprint density at radius 3 is 2.14 bits per heavy atom. The van der Waals surface area contributed by atoms with Gasteiger partial charge >= 0.3 is 5.97 Å². The van der Waals surface area contributed by atoms with E-state index in [4.69, 9.17) is 4.74 Å². The zero-order valence-electron chi connectivity index (χ0n) is 28.7. The normalized spacial score (nSPS) is 21.0. The fourth-order valence-corrected chi connectivity index (χ4v) is 7.74. The van der Waals surface area contributed by atoms with Gasteiger partial charge in [-0.25, -0.2) is 9.97 Å². The molecule has 6 rings (SSSR count). The van der Waals surface area contributed by atoms with Gasteiger partial charge < -0.3 is 19.6 Å². The van der Waals surface area contributed by atoms with Gasteiger partial charge in [0.15, 0.2) is 5.82 Å². The summed E-state index contributed by atoms with van der Waals surface area (Å²) in [4.78, 5) is 50.1. The molecule has 3 aromatic rings. The molecule has 0 bridgehead atoms. The molecule has 1 aliphatic heterocycles. The summed E-state index contributed by atoms with van der Waals surface area (Å²) in [5, 5.41) is 9.54. The van der Waals surface area contributed by atoms with Crippen molar-refractivity contribution in [3.63, 3.8) is 0 Å². The zero-order valence-corrected chi connectivity index (χ0v) is 28.7. The highest BCUT2D eigenvalue weighted by Gasteiger charge is 2.38. The van der Waals surface area contributed by atoms with Gasteiger partial charge in [0, 0.05) is 43.2 Å². The maximum absolute atomic E-state index is 13.3. The first-order valence-corrected chi connectivity index (χ1v) is 17.8. The van der Waals surface area contributed by atoms with Crippen molar-refractivity contribution in [2.75, 3.05) is 26.7 Å². The van der Waals surface area contributed by atoms with Gasteiger partial charge in [0.1, 0.15) is 12.3 Å². The Balaban J connectivity index is 1.00. The maximum atomic E-state index is 13.3. The van der Waals surface area contributed by atoms with Crippen LogP contribution in [0.1, 0.15) is 75.0 Å². The highest BCUT2D eigenvalue weighted by molar-refractivity contribution is 5.87. The van der Waals surface area contributed by atoms with Crippen molar-refractivity contribution in [1.29, 1.82) is 0 Å². The van der Waals surface area contributed by atoms with E-state index in [0.29, 0.717) is 5.82 Å². The van der Waals surface area contributed by atoms with Crippen molar-refractivity contribution in [3.8, 4) is 17.1 Å². The van der Waals surface area contributed by atoms with Crippen LogP contribution in [-0.4, -0.2) is 69.4 Å². The quantitative estimate of drug-likeness (QED) is 0.230. The Kier molecular flexibility index (Phi) is 11.1. The van der Waals surface area contributed by atoms with Crippen LogP contribution < -0.4 is 4.74 Å². The second-order valence-corrected chi connectivity index (χ2v) is 14.1. The molecule has 1 N–H and O–H groups in total. The number of rotatable bonds is 12. The Hall–Kier alpha value is -4.53. The van der Waals surface area contributed by atoms with Crippen LogP contribution in [0.15, 0.2) is 67.0 Å². The predicted octanol–water partition coefficient (Wildman–Crippen LogP) is 6.67. The van der Waals surface area contributed by atoms with Gasteiger partial charge in [-0.05, 0) is 78.7 Å². The monoisotopic (exact) mass is 664 g/mol. The summed E-state index contributed by atoms with van der Waals surface area (Å²) in [7, 11) is 1.59. The minimum Gasteiger partial charge on any atom is -0.497 e. The van der Waals surface area contributed by atoms with Crippen molar-refractivity contribution in [2.24, 2.45) is 23.7 Å². The van der Waals surface area contributed by atoms with Crippen LogP contribution in [0.5, 0.6) is 5.75 Å². The van der Waals surface area contributed by atoms with E-state index in [-0.39, 0.29) is 37.9 Å². The number of aromatic nitrogens is 2. The van der Waals surface area contributed by atoms with Crippen molar-refractivity contribution >= 4 is 23.4 Å². The molecule has 0 radical (unpaired) electrons. The van der Waals surface area contributed by atoms with E-state index in [9.17, 15) is 19.5 Å². The molecule has 258 valence electrons. The third kappa shape index (κ3) is 8.56. The van der Waals surface area contributed by atoms with Gasteiger partial charge in [0.2, 0.25) is 11.8 Å². The number of likely N-dealkylation sites (tertiary alicyclic amines) is 1. The largest absolute Gasteiger partial charge is 0.497 e. The molecule has 1 saturated heterocycles. The van der Waals surface area contributed by atoms with Gasteiger partial charge in [-0.1, -0.05) is 68.7 Å². The summed E-state index contributed by atoms with van der Waals surface area (Å²) < 4.78 is 5.17. The zero-order chi connectivity index (χ0) is 34.3. The molecule has 1 aromatic heterocycles. The third-order valence-corrected chi connectivity index (χ3v) is 10.9. The van der Waals surface area contributed by atoms with E-state index in [0.717, 1.165) is 58.6 Å². The second kappa shape index (κ2) is 15.8. The van der Waals surface area contributed by atoms with Crippen molar-refractivity contribution in [2.45, 2.75) is 71.3 Å². The molecular weight excluding hydrogens is 616 g/mol. The fraction of sp³-hybridized carbons (Fsp3) is 0.475. The average Bonchev–Trinajstić information content (AvgIpc) is 3.11. The van der Waals surface area contributed by atoms with Crippen molar-refractivity contribution in [1.82, 2.24) is 19.8 Å². The van der Waals surface area contributed by atoms with Crippen molar-refractivity contribution < 1.29 is 24.2 Å². The molecule has 1 atom stereocenters. The van der Waals surface area contributed by atoms with Crippen molar-refractivity contribution in [3.05, 3.63) is 83.7 Å². The molecule has 2 heterocycles. The number of carboxylic acids is 1. The molecule has 9 heteroatoms. The molecular formula is C40H48N4O5. The lowest BCUT2D eigenvalue weighted by molar-refractivity contribution is -0.153. The van der Waals surface area contributed by atoms with Gasteiger partial charge in [-0.2, -0.15) is 0 Å². The number of aliphatic carboxylic acids is 1. The maximum Gasteiger partial charge on any atom is 0.323 e. The molecule has 49 heavy (non-hydrogen) atoms. The lowest BCUT2D eigenvalue weighted by atomic mass is 9.71. The van der Waals surface area contributed by atoms with Gasteiger partial charge in [0.05, 0.1) is 19.4 Å². The van der Waals surface area contributed by atoms with Gasteiger partial charge in [0.25, 0.3) is 0 Å². The summed E-state index contributed by atoms with van der Waals surface area (Å²) in [5.74, 6) is 2.17. The second-order valence-electron chi connectivity index (χ2n) is 14.1. The van der Waals surface area contributed by atoms with E-state index >= 15 is 0 Å². The molecule has 3 aliphatic rings. The number of hydrogen-bond donors (Lipinski definition) is 1. The van der Waals surface area contributed by atoms with E-state index in [1.165, 1.54) is 49.0 Å². The van der Waals surface area contributed by atoms with E-state index in [2.05, 4.69) is 23.0 Å². The minimum atomic E-state index is -1.08. The van der Waals surface area contributed by atoms with E-state index < -0.39 is 18.4 Å². The number of methoxy groups -OCH3 is 1. The molecule has 2 aromatic carbocycles. The fourth-order valence-electron chi connectivity index (χ4n) is 7.74. The number of hydrogen-bond acceptors (Lipinski definition) is 6. The predicted molar refractivity (Wildman–Crippen MR) is 188 cm³/mol. The summed E-state index contributed by atoms with van der Waals surface area (Å²) in [6.45, 7) is 2.66. The SMILES string of the molecule is CCC1CCC(C2CC=C(c3cnc(-c4ccc(CN(CC(=O)O)C(=O)C5CN(C(=O)Cc6ccc(OC)cc6)C5)cc4)nc3)CC2)CC1. The third-order valence-electron chi connectivity index (χ3n) is 10.9. The van der Waals surface area contributed by atoms with Gasteiger partial charge in [-0.15, -0.1) is 0 Å². The number of carbonyl (C=O) groups excluding carboxylic acids is 2. The van der Waals surface area contributed by atoms with E-state index in [1.807, 2.05) is 60.9 Å². The Bertz CT molecular complexity index is 1620. The molecule has 2 aliphatic carbocycles. The molecule has 9 nitrogen and oxygen atoms in total. The lowest BCUT2D eigenvalue weighted by Gasteiger charge is -2.40. The van der Waals surface area contributed by atoms with Crippen LogP contribution in [0.4, 0.5) is 0 Å². The first-order chi connectivity index (χ1) is 23.8. The molecule has 0 spiro atoms. The Morgan fingerprint density at radius 2 is 1.55 bits per heavy atom. The first-order valence-electron chi connectivity index (χ1n) is 17.8. The Labute approximate surface area is 289 Å². The number of benzene rings is 2. The summed E-state index contributed by atoms with van der Waals surface area (Å²) >= 11 is 0. The Morgan fingerprint density at radius 1 is 0.878 bits per heavy atom. The van der Waals surface area contributed by atoms with Crippen LogP contribution in [0.3, 0.4) is 0 Å². The number of carbonyl (C=O) groups is 3. The topological polar surface area (TPSA) is 113 Å². The van der Waals surface area contributed by atoms with Crippen LogP contribution in [-0.2, 0) is 27.3 Å². The number of carboxylic acid groups (broad SMARTS) is 1. The number of amides is 2. The summed E-state index contributed by atoms with van der Waals surface area (Å²) in [6.07, 6.45) is 16.9. The highest BCUT2D eigenvalue weighted by Crippen LogP contribution is 2.41. The smallest absolute Gasteiger partial charge is 0.323 e. The molecule has 2 amide bonds. The lowest BCUT2D eigenvalue weighted by Crippen LogP contribution is -2.57. The first kappa shape index (κ1) is 34.3. The van der Waals surface area contributed by atoms with E-state index in [1.54, 1.807) is 12.0 Å². The number of nitrogens with zero attached hydrogens (tertiary/aromatic N) is 4. The minimum absolute atomic E-state index is 0.0614. The number of allylic oxidation sites excluding steroid dienone is 2. The van der Waals surface area contributed by atoms with Crippen LogP contribution >= 0.6 is 0 Å².